The van der Waals surface area contributed by atoms with E-state index in [1.54, 1.807) is 11.8 Å². The van der Waals surface area contributed by atoms with Gasteiger partial charge in [0.05, 0.1) is 29.6 Å². The minimum absolute atomic E-state index is 0.0751. The summed E-state index contributed by atoms with van der Waals surface area (Å²) in [4.78, 5) is 16.4. The van der Waals surface area contributed by atoms with Gasteiger partial charge in [0, 0.05) is 13.1 Å². The van der Waals surface area contributed by atoms with Crippen LogP contribution in [0.4, 0.5) is 0 Å². The molecule has 0 unspecified atom stereocenters. The summed E-state index contributed by atoms with van der Waals surface area (Å²) in [6.45, 7) is 4.85. The predicted octanol–water partition coefficient (Wildman–Crippen LogP) is 0.518. The van der Waals surface area contributed by atoms with E-state index in [0.29, 0.717) is 24.5 Å². The molecule has 0 saturated carbocycles. The third-order valence-corrected chi connectivity index (χ3v) is 4.88. The monoisotopic (exact) mass is 296 g/mol. The van der Waals surface area contributed by atoms with Crippen LogP contribution in [0, 0.1) is 6.92 Å². The Labute approximate surface area is 122 Å². The molecule has 3 rings (SSSR count). The Morgan fingerprint density at radius 2 is 2.00 bits per heavy atom. The van der Waals surface area contributed by atoms with Gasteiger partial charge in [0.15, 0.2) is 5.69 Å². The van der Waals surface area contributed by atoms with Gasteiger partial charge in [-0.2, -0.15) is 8.75 Å². The highest BCUT2D eigenvalue weighted by Crippen LogP contribution is 2.22. The van der Waals surface area contributed by atoms with Crippen LogP contribution in [-0.2, 0) is 0 Å². The van der Waals surface area contributed by atoms with Crippen LogP contribution in [-0.4, -0.2) is 67.9 Å². The van der Waals surface area contributed by atoms with Gasteiger partial charge in [0.25, 0.3) is 5.91 Å². The van der Waals surface area contributed by atoms with E-state index < -0.39 is 6.10 Å². The number of carbonyl (C=O) groups excluding carboxylic acids is 1. The van der Waals surface area contributed by atoms with Crippen molar-refractivity contribution in [1.82, 2.24) is 18.5 Å². The fourth-order valence-corrected chi connectivity index (χ4v) is 3.66. The SMILES string of the molecule is Cc1nsnc1C(=O)N1C[C@H](O)[C@@H](N2CCCCC2)C1. The standard InChI is InChI=1S/C13H20N4O2S/c1-9-12(15-20-14-9)13(19)17-7-10(11(18)8-17)16-5-3-2-4-6-16/h10-11,18H,2-8H2,1H3/t10-,11-/m0/s1. The number of likely N-dealkylation sites (tertiary alicyclic amines) is 2. The molecule has 3 heterocycles. The first-order valence-corrected chi connectivity index (χ1v) is 7.90. The molecule has 2 saturated heterocycles. The van der Waals surface area contributed by atoms with E-state index in [1.807, 2.05) is 0 Å². The molecule has 2 aliphatic heterocycles. The van der Waals surface area contributed by atoms with Gasteiger partial charge >= 0.3 is 0 Å². The topological polar surface area (TPSA) is 69.6 Å². The maximum atomic E-state index is 12.4. The summed E-state index contributed by atoms with van der Waals surface area (Å²) in [5.74, 6) is -0.102. The average Bonchev–Trinajstić information content (AvgIpc) is 3.05. The van der Waals surface area contributed by atoms with Crippen molar-refractivity contribution in [3.63, 3.8) is 0 Å². The summed E-state index contributed by atoms with van der Waals surface area (Å²) < 4.78 is 8.11. The molecule has 0 radical (unpaired) electrons. The fourth-order valence-electron chi connectivity index (χ4n) is 3.12. The van der Waals surface area contributed by atoms with Crippen LogP contribution in [0.3, 0.4) is 0 Å². The number of aryl methyl sites for hydroxylation is 1. The van der Waals surface area contributed by atoms with Crippen molar-refractivity contribution >= 4 is 17.6 Å². The summed E-state index contributed by atoms with van der Waals surface area (Å²) >= 11 is 1.06. The highest BCUT2D eigenvalue weighted by atomic mass is 32.1. The van der Waals surface area contributed by atoms with Crippen LogP contribution in [0.25, 0.3) is 0 Å². The quantitative estimate of drug-likeness (QED) is 0.861. The number of hydrogen-bond acceptors (Lipinski definition) is 6. The van der Waals surface area contributed by atoms with Gasteiger partial charge in [0.2, 0.25) is 0 Å². The molecule has 6 nitrogen and oxygen atoms in total. The summed E-state index contributed by atoms with van der Waals surface area (Å²) in [5.41, 5.74) is 1.11. The first kappa shape index (κ1) is 13.9. The Hall–Kier alpha value is -1.05. The summed E-state index contributed by atoms with van der Waals surface area (Å²) in [6, 6.07) is 0.0751. The van der Waals surface area contributed by atoms with Crippen molar-refractivity contribution in [2.45, 2.75) is 38.3 Å². The minimum Gasteiger partial charge on any atom is -0.390 e. The number of rotatable bonds is 2. The van der Waals surface area contributed by atoms with Crippen molar-refractivity contribution in [3.8, 4) is 0 Å². The molecule has 0 aromatic carbocycles. The van der Waals surface area contributed by atoms with Gasteiger partial charge in [-0.1, -0.05) is 6.42 Å². The number of carbonyl (C=O) groups is 1. The number of aliphatic hydroxyl groups excluding tert-OH is 1. The molecule has 1 aromatic rings. The van der Waals surface area contributed by atoms with E-state index in [9.17, 15) is 9.90 Å². The molecule has 0 aliphatic carbocycles. The molecule has 1 amide bonds. The van der Waals surface area contributed by atoms with Crippen LogP contribution in [0.2, 0.25) is 0 Å². The van der Waals surface area contributed by atoms with Crippen molar-refractivity contribution in [2.75, 3.05) is 26.2 Å². The molecule has 7 heteroatoms. The van der Waals surface area contributed by atoms with E-state index in [-0.39, 0.29) is 11.9 Å². The lowest BCUT2D eigenvalue weighted by Gasteiger charge is -2.33. The maximum absolute atomic E-state index is 12.4. The van der Waals surface area contributed by atoms with Gasteiger partial charge < -0.3 is 10.0 Å². The average molecular weight is 296 g/mol. The van der Waals surface area contributed by atoms with Crippen molar-refractivity contribution < 1.29 is 9.90 Å². The molecule has 2 atom stereocenters. The largest absolute Gasteiger partial charge is 0.390 e. The third-order valence-electron chi connectivity index (χ3n) is 4.26. The van der Waals surface area contributed by atoms with Crippen molar-refractivity contribution in [2.24, 2.45) is 0 Å². The summed E-state index contributed by atoms with van der Waals surface area (Å²) in [6.07, 6.45) is 3.19. The third kappa shape index (κ3) is 2.57. The van der Waals surface area contributed by atoms with Crippen LogP contribution in [0.5, 0.6) is 0 Å². The highest BCUT2D eigenvalue weighted by molar-refractivity contribution is 6.99. The second kappa shape index (κ2) is 5.75. The number of hydrogen-bond donors (Lipinski definition) is 1. The Balaban J connectivity index is 1.68. The summed E-state index contributed by atoms with van der Waals surface area (Å²) in [5, 5.41) is 10.3. The molecule has 0 bridgehead atoms. The molecule has 1 N–H and O–H groups in total. The van der Waals surface area contributed by atoms with E-state index in [4.69, 9.17) is 0 Å². The van der Waals surface area contributed by atoms with Gasteiger partial charge in [-0.25, -0.2) is 0 Å². The minimum atomic E-state index is -0.455. The molecule has 0 spiro atoms. The highest BCUT2D eigenvalue weighted by Gasteiger charge is 2.39. The van der Waals surface area contributed by atoms with E-state index in [1.165, 1.54) is 19.3 Å². The molecule has 20 heavy (non-hydrogen) atoms. The van der Waals surface area contributed by atoms with Crippen LogP contribution in [0.1, 0.15) is 35.4 Å². The van der Waals surface area contributed by atoms with Crippen LogP contribution < -0.4 is 0 Å². The second-order valence-corrected chi connectivity index (χ2v) is 6.17. The van der Waals surface area contributed by atoms with E-state index in [2.05, 4.69) is 13.6 Å². The zero-order chi connectivity index (χ0) is 14.1. The first-order chi connectivity index (χ1) is 9.66. The van der Waals surface area contributed by atoms with Crippen LogP contribution >= 0.6 is 11.7 Å². The lowest BCUT2D eigenvalue weighted by molar-refractivity contribution is 0.0702. The van der Waals surface area contributed by atoms with E-state index in [0.717, 1.165) is 24.8 Å². The molecule has 1 aromatic heterocycles. The van der Waals surface area contributed by atoms with Crippen molar-refractivity contribution in [3.05, 3.63) is 11.4 Å². The Morgan fingerprint density at radius 1 is 1.25 bits per heavy atom. The number of nitrogens with zero attached hydrogens (tertiary/aromatic N) is 4. The number of aliphatic hydroxyl groups is 1. The van der Waals surface area contributed by atoms with Gasteiger partial charge in [-0.15, -0.1) is 0 Å². The number of piperidine rings is 1. The predicted molar refractivity (Wildman–Crippen MR) is 75.8 cm³/mol. The smallest absolute Gasteiger partial charge is 0.275 e. The fraction of sp³-hybridized carbons (Fsp3) is 0.769. The van der Waals surface area contributed by atoms with Gasteiger partial charge in [0.1, 0.15) is 0 Å². The Kier molecular flexibility index (Phi) is 4.00. The lowest BCUT2D eigenvalue weighted by Crippen LogP contribution is -2.46. The molecule has 110 valence electrons. The van der Waals surface area contributed by atoms with Gasteiger partial charge in [-0.3, -0.25) is 9.69 Å². The Morgan fingerprint density at radius 3 is 2.65 bits per heavy atom. The Bertz CT molecular complexity index is 486. The lowest BCUT2D eigenvalue weighted by atomic mass is 10.1. The zero-order valence-electron chi connectivity index (χ0n) is 11.7. The number of aromatic nitrogens is 2. The molecule has 2 aliphatic rings. The number of amides is 1. The second-order valence-electron chi connectivity index (χ2n) is 5.64. The zero-order valence-corrected chi connectivity index (χ0v) is 12.5. The van der Waals surface area contributed by atoms with Crippen molar-refractivity contribution in [1.29, 1.82) is 0 Å². The van der Waals surface area contributed by atoms with Crippen LogP contribution in [0.15, 0.2) is 0 Å². The first-order valence-electron chi connectivity index (χ1n) is 7.17. The summed E-state index contributed by atoms with van der Waals surface area (Å²) in [7, 11) is 0. The van der Waals surface area contributed by atoms with Gasteiger partial charge in [-0.05, 0) is 32.9 Å². The molecular formula is C13H20N4O2S. The van der Waals surface area contributed by atoms with E-state index >= 15 is 0 Å². The number of β-amino-alcohol motifs (C(OH)–C–C–N with tert-alkyl or cyclic N) is 1. The maximum Gasteiger partial charge on any atom is 0.275 e. The normalized spacial score (nSPS) is 28.0. The molecular weight excluding hydrogens is 276 g/mol. The molecule has 2 fully saturated rings.